The SMILES string of the molecule is C=CC(=O)OC(C)NC(c1ccccc1)N(C)C.Cl. The minimum atomic E-state index is -0.430. The minimum Gasteiger partial charge on any atom is -0.444 e. The predicted molar refractivity (Wildman–Crippen MR) is 79.0 cm³/mol. The zero-order chi connectivity index (χ0) is 13.5. The molecular formula is C14H21ClN2O2. The Morgan fingerprint density at radius 3 is 2.42 bits per heavy atom. The van der Waals surface area contributed by atoms with Gasteiger partial charge in [-0.05, 0) is 26.6 Å². The summed E-state index contributed by atoms with van der Waals surface area (Å²) in [7, 11) is 3.93. The Hall–Kier alpha value is -1.36. The van der Waals surface area contributed by atoms with Crippen molar-refractivity contribution in [3.05, 3.63) is 48.6 Å². The van der Waals surface area contributed by atoms with Gasteiger partial charge in [-0.15, -0.1) is 12.4 Å². The number of nitrogens with zero attached hydrogens (tertiary/aromatic N) is 1. The van der Waals surface area contributed by atoms with Crippen molar-refractivity contribution in [3.8, 4) is 0 Å². The van der Waals surface area contributed by atoms with Crippen molar-refractivity contribution in [1.29, 1.82) is 0 Å². The summed E-state index contributed by atoms with van der Waals surface area (Å²) in [6, 6.07) is 9.98. The standard InChI is InChI=1S/C14H20N2O2.ClH/c1-5-13(17)18-11(2)15-14(16(3)4)12-9-7-6-8-10-12;/h5-11,14-15H,1H2,2-4H3;1H. The fourth-order valence-corrected chi connectivity index (χ4v) is 1.66. The molecule has 0 heterocycles. The van der Waals surface area contributed by atoms with E-state index >= 15 is 0 Å². The molecule has 1 N–H and O–H groups in total. The Balaban J connectivity index is 0.00000324. The monoisotopic (exact) mass is 284 g/mol. The molecule has 0 aliphatic heterocycles. The third kappa shape index (κ3) is 5.87. The first-order valence-corrected chi connectivity index (χ1v) is 5.85. The summed E-state index contributed by atoms with van der Waals surface area (Å²) in [6.45, 7) is 5.17. The lowest BCUT2D eigenvalue weighted by atomic mass is 10.1. The molecule has 0 aromatic heterocycles. The van der Waals surface area contributed by atoms with Crippen LogP contribution in [0.2, 0.25) is 0 Å². The first-order valence-electron chi connectivity index (χ1n) is 5.85. The largest absolute Gasteiger partial charge is 0.444 e. The van der Waals surface area contributed by atoms with Gasteiger partial charge in [0, 0.05) is 6.08 Å². The number of hydrogen-bond donors (Lipinski definition) is 1. The van der Waals surface area contributed by atoms with Crippen LogP contribution >= 0.6 is 12.4 Å². The van der Waals surface area contributed by atoms with Crippen LogP contribution in [-0.4, -0.2) is 31.2 Å². The lowest BCUT2D eigenvalue weighted by molar-refractivity contribution is -0.144. The van der Waals surface area contributed by atoms with Gasteiger partial charge in [-0.3, -0.25) is 10.2 Å². The highest BCUT2D eigenvalue weighted by Gasteiger charge is 2.17. The van der Waals surface area contributed by atoms with Gasteiger partial charge >= 0.3 is 5.97 Å². The van der Waals surface area contributed by atoms with Crippen molar-refractivity contribution in [2.75, 3.05) is 14.1 Å². The maximum atomic E-state index is 11.1. The van der Waals surface area contributed by atoms with E-state index in [1.54, 1.807) is 6.92 Å². The molecule has 0 spiro atoms. The summed E-state index contributed by atoms with van der Waals surface area (Å²) >= 11 is 0. The van der Waals surface area contributed by atoms with Crippen LogP contribution in [0.25, 0.3) is 0 Å². The third-order valence-electron chi connectivity index (χ3n) is 2.48. The van der Waals surface area contributed by atoms with Gasteiger partial charge < -0.3 is 4.74 Å². The number of esters is 1. The molecule has 0 aliphatic rings. The Morgan fingerprint density at radius 1 is 1.37 bits per heavy atom. The van der Waals surface area contributed by atoms with E-state index in [1.165, 1.54) is 0 Å². The number of carbonyl (C=O) groups is 1. The van der Waals surface area contributed by atoms with Gasteiger partial charge in [0.15, 0.2) is 6.23 Å². The number of benzene rings is 1. The number of ether oxygens (including phenoxy) is 1. The van der Waals surface area contributed by atoms with Crippen molar-refractivity contribution >= 4 is 18.4 Å². The third-order valence-corrected chi connectivity index (χ3v) is 2.48. The Kier molecular flexibility index (Phi) is 8.07. The maximum Gasteiger partial charge on any atom is 0.331 e. The number of carbonyl (C=O) groups excluding carboxylic acids is 1. The van der Waals surface area contributed by atoms with Crippen LogP contribution < -0.4 is 5.32 Å². The van der Waals surface area contributed by atoms with Gasteiger partial charge in [-0.25, -0.2) is 4.79 Å². The van der Waals surface area contributed by atoms with Gasteiger partial charge in [-0.1, -0.05) is 36.9 Å². The average molecular weight is 285 g/mol. The van der Waals surface area contributed by atoms with E-state index in [1.807, 2.05) is 49.3 Å². The summed E-state index contributed by atoms with van der Waals surface area (Å²) in [5.41, 5.74) is 1.11. The molecule has 0 amide bonds. The molecule has 4 nitrogen and oxygen atoms in total. The van der Waals surface area contributed by atoms with Crippen LogP contribution in [0, 0.1) is 0 Å². The second kappa shape index (κ2) is 8.69. The van der Waals surface area contributed by atoms with Gasteiger partial charge in [0.2, 0.25) is 0 Å². The van der Waals surface area contributed by atoms with Crippen LogP contribution in [0.5, 0.6) is 0 Å². The molecule has 106 valence electrons. The van der Waals surface area contributed by atoms with Crippen molar-refractivity contribution in [2.24, 2.45) is 0 Å². The van der Waals surface area contributed by atoms with Gasteiger partial charge in [-0.2, -0.15) is 0 Å². The second-order valence-corrected chi connectivity index (χ2v) is 4.23. The second-order valence-electron chi connectivity index (χ2n) is 4.23. The van der Waals surface area contributed by atoms with Crippen LogP contribution in [0.4, 0.5) is 0 Å². The normalized spacial score (nSPS) is 13.3. The zero-order valence-corrected chi connectivity index (χ0v) is 12.3. The lowest BCUT2D eigenvalue weighted by Crippen LogP contribution is -2.40. The Morgan fingerprint density at radius 2 is 1.95 bits per heavy atom. The summed E-state index contributed by atoms with van der Waals surface area (Å²) in [6.07, 6.45) is 0.757. The van der Waals surface area contributed by atoms with Gasteiger partial charge in [0.25, 0.3) is 0 Å². The number of halogens is 1. The molecule has 19 heavy (non-hydrogen) atoms. The highest BCUT2D eigenvalue weighted by atomic mass is 35.5. The van der Waals surface area contributed by atoms with Crippen LogP contribution in [-0.2, 0) is 9.53 Å². The summed E-state index contributed by atoms with van der Waals surface area (Å²) in [5, 5.41) is 3.23. The lowest BCUT2D eigenvalue weighted by Gasteiger charge is -2.28. The molecule has 0 fully saturated rings. The van der Waals surface area contributed by atoms with E-state index in [0.717, 1.165) is 11.6 Å². The molecule has 1 aromatic carbocycles. The molecule has 2 unspecified atom stereocenters. The topological polar surface area (TPSA) is 41.6 Å². The molecule has 0 aliphatic carbocycles. The summed E-state index contributed by atoms with van der Waals surface area (Å²) in [4.78, 5) is 13.1. The summed E-state index contributed by atoms with van der Waals surface area (Å²) in [5.74, 6) is -0.430. The van der Waals surface area contributed by atoms with Crippen molar-refractivity contribution in [3.63, 3.8) is 0 Å². The molecule has 2 atom stereocenters. The van der Waals surface area contributed by atoms with Crippen LogP contribution in [0.3, 0.4) is 0 Å². The molecule has 1 aromatic rings. The van der Waals surface area contributed by atoms with Crippen molar-refractivity contribution < 1.29 is 9.53 Å². The molecule has 0 saturated heterocycles. The van der Waals surface area contributed by atoms with E-state index < -0.39 is 5.97 Å². The molecular weight excluding hydrogens is 264 g/mol. The Bertz CT molecular complexity index is 396. The molecule has 0 bridgehead atoms. The van der Waals surface area contributed by atoms with Crippen molar-refractivity contribution in [2.45, 2.75) is 19.3 Å². The smallest absolute Gasteiger partial charge is 0.331 e. The van der Waals surface area contributed by atoms with Crippen LogP contribution in [0.15, 0.2) is 43.0 Å². The average Bonchev–Trinajstić information content (AvgIpc) is 2.36. The first kappa shape index (κ1) is 17.6. The highest BCUT2D eigenvalue weighted by Crippen LogP contribution is 2.15. The molecule has 0 saturated carbocycles. The van der Waals surface area contributed by atoms with E-state index in [9.17, 15) is 4.79 Å². The maximum absolute atomic E-state index is 11.1. The Labute approximate surface area is 120 Å². The predicted octanol–water partition coefficient (Wildman–Crippen LogP) is 2.33. The number of rotatable bonds is 6. The first-order chi connectivity index (χ1) is 8.54. The number of nitrogens with one attached hydrogen (secondary N) is 1. The van der Waals surface area contributed by atoms with E-state index in [4.69, 9.17) is 4.74 Å². The quantitative estimate of drug-likeness (QED) is 0.495. The molecule has 5 heteroatoms. The van der Waals surface area contributed by atoms with Crippen LogP contribution in [0.1, 0.15) is 18.7 Å². The van der Waals surface area contributed by atoms with Crippen molar-refractivity contribution in [1.82, 2.24) is 10.2 Å². The molecule has 0 radical (unpaired) electrons. The fraction of sp³-hybridized carbons (Fsp3) is 0.357. The minimum absolute atomic E-state index is 0. The summed E-state index contributed by atoms with van der Waals surface area (Å²) < 4.78 is 5.11. The van der Waals surface area contributed by atoms with E-state index in [2.05, 4.69) is 11.9 Å². The number of hydrogen-bond acceptors (Lipinski definition) is 4. The fourth-order valence-electron chi connectivity index (χ4n) is 1.66. The molecule has 1 rings (SSSR count). The van der Waals surface area contributed by atoms with E-state index in [0.29, 0.717) is 0 Å². The van der Waals surface area contributed by atoms with Gasteiger partial charge in [0.05, 0.1) is 6.17 Å². The highest BCUT2D eigenvalue weighted by molar-refractivity contribution is 5.85. The van der Waals surface area contributed by atoms with E-state index in [-0.39, 0.29) is 24.8 Å². The van der Waals surface area contributed by atoms with Gasteiger partial charge in [0.1, 0.15) is 0 Å². The zero-order valence-electron chi connectivity index (χ0n) is 11.5.